The summed E-state index contributed by atoms with van der Waals surface area (Å²) in [7, 11) is 0. The summed E-state index contributed by atoms with van der Waals surface area (Å²) < 4.78 is 37.0. The van der Waals surface area contributed by atoms with Gasteiger partial charge < -0.3 is 0 Å². The Bertz CT molecular complexity index is 247. The molecule has 0 bridgehead atoms. The second kappa shape index (κ2) is 2.75. The van der Waals surface area contributed by atoms with Crippen LogP contribution in [0.4, 0.5) is 0 Å². The van der Waals surface area contributed by atoms with E-state index in [-0.39, 0.29) is 0 Å². The highest BCUT2D eigenvalue weighted by Gasteiger charge is 2.15. The highest BCUT2D eigenvalue weighted by molar-refractivity contribution is 6.30. The maximum Gasteiger partial charge on any atom is 0.0679 e. The summed E-state index contributed by atoms with van der Waals surface area (Å²) in [5.74, 6) is 0. The van der Waals surface area contributed by atoms with Gasteiger partial charge in [0.2, 0.25) is 0 Å². The van der Waals surface area contributed by atoms with Gasteiger partial charge in [-0.1, -0.05) is 12.2 Å². The summed E-state index contributed by atoms with van der Waals surface area (Å²) in [5.41, 5.74) is 0. The number of halogens is 2. The number of hydrogen-bond acceptors (Lipinski definition) is 0. The van der Waals surface area contributed by atoms with E-state index in [0.29, 0.717) is 0 Å². The first-order valence-electron chi connectivity index (χ1n) is 4.70. The van der Waals surface area contributed by atoms with E-state index in [4.69, 9.17) is 30.1 Å². The van der Waals surface area contributed by atoms with Crippen molar-refractivity contribution in [3.63, 3.8) is 0 Å². The zero-order chi connectivity index (χ0) is 10.5. The maximum absolute atomic E-state index is 7.46. The van der Waals surface area contributed by atoms with Crippen molar-refractivity contribution in [2.45, 2.75) is 23.5 Å². The SMILES string of the molecule is [2H]C1C=CC([2H])(Cl)C([2H])(Cl)C1([2H])[2H]. The largest absolute Gasteiger partial charge is 0.121 e. The second-order valence-electron chi connectivity index (χ2n) is 1.33. The van der Waals surface area contributed by atoms with E-state index in [0.717, 1.165) is 12.2 Å². The first kappa shape index (κ1) is 2.51. The number of hydrogen-bond donors (Lipinski definition) is 0. The number of rotatable bonds is 0. The zero-order valence-corrected chi connectivity index (χ0v) is 5.50. The lowest BCUT2D eigenvalue weighted by Crippen LogP contribution is -2.14. The third kappa shape index (κ3) is 1.40. The highest BCUT2D eigenvalue weighted by Crippen LogP contribution is 2.21. The third-order valence-electron chi connectivity index (χ3n) is 0.759. The molecule has 0 aromatic rings. The van der Waals surface area contributed by atoms with Crippen molar-refractivity contribution in [2.75, 3.05) is 0 Å². The Morgan fingerprint density at radius 3 is 3.12 bits per heavy atom. The van der Waals surface area contributed by atoms with Gasteiger partial charge in [0.15, 0.2) is 0 Å². The molecule has 0 amide bonds. The first-order valence-corrected chi connectivity index (χ1v) is 2.88. The van der Waals surface area contributed by atoms with Gasteiger partial charge in [0.25, 0.3) is 0 Å². The van der Waals surface area contributed by atoms with Crippen LogP contribution in [0, 0.1) is 0 Å². The van der Waals surface area contributed by atoms with Crippen molar-refractivity contribution >= 4 is 23.2 Å². The fourth-order valence-corrected chi connectivity index (χ4v) is 0.649. The van der Waals surface area contributed by atoms with Crippen molar-refractivity contribution in [3.05, 3.63) is 12.2 Å². The van der Waals surface area contributed by atoms with Gasteiger partial charge in [0.1, 0.15) is 0 Å². The summed E-state index contributed by atoms with van der Waals surface area (Å²) in [5, 5.41) is -4.38. The van der Waals surface area contributed by atoms with Gasteiger partial charge in [-0.2, -0.15) is 0 Å². The van der Waals surface area contributed by atoms with Crippen LogP contribution in [0.25, 0.3) is 0 Å². The van der Waals surface area contributed by atoms with Crippen molar-refractivity contribution in [1.29, 1.82) is 0 Å². The molecule has 1 aliphatic rings. The summed E-state index contributed by atoms with van der Waals surface area (Å²) in [6.45, 7) is 0. The number of alkyl halides is 2. The summed E-state index contributed by atoms with van der Waals surface area (Å²) in [6, 6.07) is 0. The summed E-state index contributed by atoms with van der Waals surface area (Å²) >= 11 is 11.1. The van der Waals surface area contributed by atoms with Crippen molar-refractivity contribution in [2.24, 2.45) is 0 Å². The lowest BCUT2D eigenvalue weighted by atomic mass is 10.1. The molecule has 0 N–H and O–H groups in total. The van der Waals surface area contributed by atoms with Gasteiger partial charge in [0, 0.05) is 5.48 Å². The quantitative estimate of drug-likeness (QED) is 0.373. The Labute approximate surface area is 66.5 Å². The molecule has 1 rings (SSSR count). The summed E-state index contributed by atoms with van der Waals surface area (Å²) in [6.07, 6.45) is -1.38. The Morgan fingerprint density at radius 2 is 2.50 bits per heavy atom. The molecule has 46 valence electrons. The fourth-order valence-electron chi connectivity index (χ4n) is 0.396. The average molecular weight is 156 g/mol. The van der Waals surface area contributed by atoms with Crippen LogP contribution >= 0.6 is 23.2 Å². The minimum Gasteiger partial charge on any atom is -0.121 e. The van der Waals surface area contributed by atoms with Gasteiger partial charge in [-0.3, -0.25) is 0 Å². The van der Waals surface area contributed by atoms with E-state index in [1.807, 2.05) is 0 Å². The third-order valence-corrected chi connectivity index (χ3v) is 1.48. The molecule has 3 atom stereocenters. The van der Waals surface area contributed by atoms with Crippen LogP contribution in [0.5, 0.6) is 0 Å². The van der Waals surface area contributed by atoms with Crippen LogP contribution in [0.3, 0.4) is 0 Å². The molecule has 0 radical (unpaired) electrons. The minimum atomic E-state index is -2.34. The second-order valence-corrected chi connectivity index (χ2v) is 2.12. The molecule has 3 unspecified atom stereocenters. The molecule has 0 saturated carbocycles. The first-order chi connectivity index (χ1) is 5.63. The van der Waals surface area contributed by atoms with Gasteiger partial charge >= 0.3 is 0 Å². The normalized spacial score (nSPS) is 80.8. The van der Waals surface area contributed by atoms with Crippen molar-refractivity contribution in [3.8, 4) is 0 Å². The molecule has 0 aromatic heterocycles. The van der Waals surface area contributed by atoms with Gasteiger partial charge in [0.05, 0.1) is 12.1 Å². The maximum atomic E-state index is 7.46. The Balaban J connectivity index is 3.22. The van der Waals surface area contributed by atoms with Gasteiger partial charge in [-0.05, 0) is 12.8 Å². The predicted molar refractivity (Wildman–Crippen MR) is 37.7 cm³/mol. The van der Waals surface area contributed by atoms with E-state index < -0.39 is 23.5 Å². The van der Waals surface area contributed by atoms with Crippen molar-refractivity contribution in [1.82, 2.24) is 0 Å². The molecule has 0 nitrogen and oxygen atoms in total. The van der Waals surface area contributed by atoms with Crippen LogP contribution in [0.15, 0.2) is 12.2 Å². The monoisotopic (exact) mass is 155 g/mol. The Hall–Kier alpha value is 0.320. The molecule has 0 heterocycles. The zero-order valence-electron chi connectivity index (χ0n) is 8.99. The van der Waals surface area contributed by atoms with E-state index in [2.05, 4.69) is 0 Å². The van der Waals surface area contributed by atoms with E-state index in [1.54, 1.807) is 0 Å². The molecular formula is C6H8Cl2. The molecule has 0 spiro atoms. The molecule has 0 saturated heterocycles. The van der Waals surface area contributed by atoms with Gasteiger partial charge in [-0.15, -0.1) is 23.2 Å². The van der Waals surface area contributed by atoms with E-state index >= 15 is 0 Å². The highest BCUT2D eigenvalue weighted by atomic mass is 35.5. The molecule has 0 fully saturated rings. The van der Waals surface area contributed by atoms with Crippen LogP contribution < -0.4 is 0 Å². The van der Waals surface area contributed by atoms with Gasteiger partial charge in [-0.25, -0.2) is 0 Å². The lowest BCUT2D eigenvalue weighted by Gasteiger charge is -2.14. The van der Waals surface area contributed by atoms with Crippen molar-refractivity contribution < 1.29 is 6.85 Å². The van der Waals surface area contributed by atoms with Crippen LogP contribution in [0.2, 0.25) is 0 Å². The lowest BCUT2D eigenvalue weighted by molar-refractivity contribution is 0.745. The molecule has 2 heteroatoms. The minimum absolute atomic E-state index is 1.08. The number of allylic oxidation sites excluding steroid dienone is 2. The topological polar surface area (TPSA) is 0 Å². The molecule has 0 aromatic carbocycles. The molecule has 1 aliphatic carbocycles. The van der Waals surface area contributed by atoms with Crippen LogP contribution in [0.1, 0.15) is 19.6 Å². The van der Waals surface area contributed by atoms with E-state index in [1.165, 1.54) is 0 Å². The Morgan fingerprint density at radius 1 is 1.75 bits per heavy atom. The fraction of sp³-hybridized carbons (Fsp3) is 0.667. The summed E-state index contributed by atoms with van der Waals surface area (Å²) in [4.78, 5) is 0. The van der Waals surface area contributed by atoms with Crippen LogP contribution in [-0.2, 0) is 0 Å². The standard InChI is InChI=1S/C6H8Cl2/c7-5-3-1-2-4-6(5)8/h1,3,5-6H,2,4H2/i2D,4D2,5D,6D. The average Bonchev–Trinajstić information content (AvgIpc) is 1.97. The van der Waals surface area contributed by atoms with E-state index in [9.17, 15) is 0 Å². The predicted octanol–water partition coefficient (Wildman–Crippen LogP) is 2.55. The molecule has 0 aliphatic heterocycles. The molecular weight excluding hydrogens is 143 g/mol. The Kier molecular flexibility index (Phi) is 0.862. The molecule has 8 heavy (non-hydrogen) atoms. The smallest absolute Gasteiger partial charge is 0.0679 e. The van der Waals surface area contributed by atoms with Crippen LogP contribution in [-0.4, -0.2) is 10.7 Å².